The van der Waals surface area contributed by atoms with E-state index in [0.29, 0.717) is 24.4 Å². The standard InChI is InChI=1S/C16H22N4O2/c1-4-22-13-6-5-7-19(10-13)16(21)14-9-17-20-12(3)8-11(2)18-15(14)20/h8-9,13H,4-7,10H2,1-3H3/t13-/m0/s1. The summed E-state index contributed by atoms with van der Waals surface area (Å²) in [5.74, 6) is -0.00287. The molecule has 1 aliphatic rings. The summed E-state index contributed by atoms with van der Waals surface area (Å²) in [6.07, 6.45) is 3.76. The van der Waals surface area contributed by atoms with E-state index < -0.39 is 0 Å². The largest absolute Gasteiger partial charge is 0.377 e. The third-order valence-corrected chi connectivity index (χ3v) is 4.08. The van der Waals surface area contributed by atoms with Gasteiger partial charge >= 0.3 is 0 Å². The predicted octanol–water partition coefficient (Wildman–Crippen LogP) is 1.99. The van der Waals surface area contributed by atoms with Crippen LogP contribution in [0.4, 0.5) is 0 Å². The smallest absolute Gasteiger partial charge is 0.259 e. The lowest BCUT2D eigenvalue weighted by atomic mass is 10.1. The molecule has 1 fully saturated rings. The Kier molecular flexibility index (Phi) is 4.11. The van der Waals surface area contributed by atoms with Crippen LogP contribution in [0, 0.1) is 13.8 Å². The number of ether oxygens (including phenoxy) is 1. The molecule has 6 heteroatoms. The highest BCUT2D eigenvalue weighted by Gasteiger charge is 2.27. The molecular formula is C16H22N4O2. The molecule has 1 atom stereocenters. The van der Waals surface area contributed by atoms with Crippen molar-refractivity contribution in [1.82, 2.24) is 19.5 Å². The minimum Gasteiger partial charge on any atom is -0.377 e. The average molecular weight is 302 g/mol. The molecule has 1 saturated heterocycles. The summed E-state index contributed by atoms with van der Waals surface area (Å²) in [6, 6.07) is 1.96. The van der Waals surface area contributed by atoms with Crippen molar-refractivity contribution < 1.29 is 9.53 Å². The molecule has 0 N–H and O–H groups in total. The number of hydrogen-bond donors (Lipinski definition) is 0. The van der Waals surface area contributed by atoms with Crippen molar-refractivity contribution in [3.8, 4) is 0 Å². The van der Waals surface area contributed by atoms with Crippen LogP contribution in [0.1, 0.15) is 41.5 Å². The number of rotatable bonds is 3. The van der Waals surface area contributed by atoms with Crippen LogP contribution < -0.4 is 0 Å². The Bertz CT molecular complexity index is 693. The number of hydrogen-bond acceptors (Lipinski definition) is 4. The topological polar surface area (TPSA) is 59.7 Å². The fourth-order valence-corrected chi connectivity index (χ4v) is 3.09. The normalized spacial score (nSPS) is 18.9. The van der Waals surface area contributed by atoms with Crippen molar-refractivity contribution in [2.75, 3.05) is 19.7 Å². The Morgan fingerprint density at radius 3 is 3.05 bits per heavy atom. The lowest BCUT2D eigenvalue weighted by Gasteiger charge is -2.32. The molecule has 0 aliphatic carbocycles. The number of fused-ring (bicyclic) bond motifs is 1. The predicted molar refractivity (Wildman–Crippen MR) is 83.0 cm³/mol. The van der Waals surface area contributed by atoms with Gasteiger partial charge in [0, 0.05) is 31.1 Å². The van der Waals surface area contributed by atoms with Crippen molar-refractivity contribution in [2.24, 2.45) is 0 Å². The van der Waals surface area contributed by atoms with Crippen molar-refractivity contribution in [1.29, 1.82) is 0 Å². The second-order valence-corrected chi connectivity index (χ2v) is 5.80. The monoisotopic (exact) mass is 302 g/mol. The third kappa shape index (κ3) is 2.70. The van der Waals surface area contributed by atoms with Gasteiger partial charge in [-0.25, -0.2) is 9.50 Å². The Balaban J connectivity index is 1.89. The van der Waals surface area contributed by atoms with Gasteiger partial charge in [0.25, 0.3) is 5.91 Å². The van der Waals surface area contributed by atoms with Gasteiger partial charge in [0.2, 0.25) is 0 Å². The zero-order valence-electron chi connectivity index (χ0n) is 13.4. The Morgan fingerprint density at radius 1 is 1.45 bits per heavy atom. The van der Waals surface area contributed by atoms with Gasteiger partial charge < -0.3 is 9.64 Å². The summed E-state index contributed by atoms with van der Waals surface area (Å²) >= 11 is 0. The molecule has 3 rings (SSSR count). The maximum absolute atomic E-state index is 12.8. The Morgan fingerprint density at radius 2 is 2.27 bits per heavy atom. The molecule has 118 valence electrons. The van der Waals surface area contributed by atoms with Crippen LogP contribution in [0.5, 0.6) is 0 Å². The minimum absolute atomic E-state index is 0.00287. The molecule has 0 aromatic carbocycles. The molecule has 0 radical (unpaired) electrons. The Hall–Kier alpha value is -1.95. The van der Waals surface area contributed by atoms with Crippen LogP contribution in [-0.2, 0) is 4.74 Å². The molecule has 0 bridgehead atoms. The fraction of sp³-hybridized carbons (Fsp3) is 0.562. The lowest BCUT2D eigenvalue weighted by molar-refractivity contribution is 0.00730. The zero-order chi connectivity index (χ0) is 15.7. The van der Waals surface area contributed by atoms with Crippen LogP contribution in [0.25, 0.3) is 5.65 Å². The first kappa shape index (κ1) is 15.0. The van der Waals surface area contributed by atoms with E-state index in [9.17, 15) is 4.79 Å². The van der Waals surface area contributed by atoms with Gasteiger partial charge in [0.05, 0.1) is 12.3 Å². The fourth-order valence-electron chi connectivity index (χ4n) is 3.09. The lowest BCUT2D eigenvalue weighted by Crippen LogP contribution is -2.43. The van der Waals surface area contributed by atoms with Gasteiger partial charge in [0.1, 0.15) is 5.56 Å². The molecule has 2 aromatic rings. The van der Waals surface area contributed by atoms with E-state index in [0.717, 1.165) is 30.8 Å². The molecule has 3 heterocycles. The number of aromatic nitrogens is 3. The molecule has 1 amide bonds. The van der Waals surface area contributed by atoms with Gasteiger partial charge in [-0.05, 0) is 39.7 Å². The number of aryl methyl sites for hydroxylation is 2. The van der Waals surface area contributed by atoms with E-state index in [-0.39, 0.29) is 12.0 Å². The van der Waals surface area contributed by atoms with E-state index in [2.05, 4.69) is 10.1 Å². The summed E-state index contributed by atoms with van der Waals surface area (Å²) in [7, 11) is 0. The highest BCUT2D eigenvalue weighted by atomic mass is 16.5. The molecule has 22 heavy (non-hydrogen) atoms. The van der Waals surface area contributed by atoms with Crippen LogP contribution in [0.15, 0.2) is 12.3 Å². The van der Waals surface area contributed by atoms with Crippen LogP contribution in [0.2, 0.25) is 0 Å². The minimum atomic E-state index is -0.00287. The molecule has 0 spiro atoms. The number of likely N-dealkylation sites (tertiary alicyclic amines) is 1. The van der Waals surface area contributed by atoms with Crippen molar-refractivity contribution in [2.45, 2.75) is 39.7 Å². The first-order chi connectivity index (χ1) is 10.6. The molecule has 0 saturated carbocycles. The quantitative estimate of drug-likeness (QED) is 0.870. The highest BCUT2D eigenvalue weighted by Crippen LogP contribution is 2.19. The number of piperidine rings is 1. The van der Waals surface area contributed by atoms with Crippen molar-refractivity contribution in [3.05, 3.63) is 29.2 Å². The van der Waals surface area contributed by atoms with Crippen molar-refractivity contribution >= 4 is 11.6 Å². The van der Waals surface area contributed by atoms with E-state index in [1.807, 2.05) is 31.7 Å². The molecule has 0 unspecified atom stereocenters. The van der Waals surface area contributed by atoms with Gasteiger partial charge in [-0.2, -0.15) is 5.10 Å². The Labute approximate surface area is 130 Å². The van der Waals surface area contributed by atoms with Crippen LogP contribution in [0.3, 0.4) is 0 Å². The molecule has 6 nitrogen and oxygen atoms in total. The van der Waals surface area contributed by atoms with Crippen LogP contribution in [-0.4, -0.2) is 51.2 Å². The summed E-state index contributed by atoms with van der Waals surface area (Å²) < 4.78 is 7.40. The first-order valence-corrected chi connectivity index (χ1v) is 7.83. The first-order valence-electron chi connectivity index (χ1n) is 7.83. The number of carbonyl (C=O) groups excluding carboxylic acids is 1. The van der Waals surface area contributed by atoms with E-state index in [1.54, 1.807) is 10.7 Å². The van der Waals surface area contributed by atoms with E-state index >= 15 is 0 Å². The van der Waals surface area contributed by atoms with E-state index in [1.165, 1.54) is 0 Å². The second kappa shape index (κ2) is 6.04. The molecule has 2 aromatic heterocycles. The van der Waals surface area contributed by atoms with Crippen LogP contribution >= 0.6 is 0 Å². The van der Waals surface area contributed by atoms with Gasteiger partial charge in [-0.15, -0.1) is 0 Å². The second-order valence-electron chi connectivity index (χ2n) is 5.80. The maximum Gasteiger partial charge on any atom is 0.259 e. The van der Waals surface area contributed by atoms with E-state index in [4.69, 9.17) is 4.74 Å². The number of nitrogens with zero attached hydrogens (tertiary/aromatic N) is 4. The summed E-state index contributed by atoms with van der Waals surface area (Å²) in [4.78, 5) is 19.2. The highest BCUT2D eigenvalue weighted by molar-refractivity contribution is 5.99. The summed E-state index contributed by atoms with van der Waals surface area (Å²) in [5, 5.41) is 4.31. The van der Waals surface area contributed by atoms with Gasteiger partial charge in [0.15, 0.2) is 5.65 Å². The third-order valence-electron chi connectivity index (χ3n) is 4.08. The summed E-state index contributed by atoms with van der Waals surface area (Å²) in [6.45, 7) is 7.99. The number of carbonyl (C=O) groups is 1. The van der Waals surface area contributed by atoms with Crippen molar-refractivity contribution in [3.63, 3.8) is 0 Å². The summed E-state index contributed by atoms with van der Waals surface area (Å²) in [5.41, 5.74) is 3.09. The molecular weight excluding hydrogens is 280 g/mol. The number of amides is 1. The SMILES string of the molecule is CCO[C@H]1CCCN(C(=O)c2cnn3c(C)cc(C)nc23)C1. The maximum atomic E-state index is 12.8. The average Bonchev–Trinajstić information content (AvgIpc) is 2.91. The zero-order valence-corrected chi connectivity index (χ0v) is 13.4. The molecule has 1 aliphatic heterocycles. The van der Waals surface area contributed by atoms with Gasteiger partial charge in [-0.1, -0.05) is 0 Å². The van der Waals surface area contributed by atoms with Gasteiger partial charge in [-0.3, -0.25) is 4.79 Å².